The summed E-state index contributed by atoms with van der Waals surface area (Å²) in [4.78, 5) is 52.7. The molecule has 11 heteroatoms. The van der Waals surface area contributed by atoms with Gasteiger partial charge in [-0.15, -0.1) is 0 Å². The molecule has 0 radical (unpaired) electrons. The second-order valence-corrected chi connectivity index (χ2v) is 11.1. The number of nitrogens with zero attached hydrogens (tertiary/aromatic N) is 1. The van der Waals surface area contributed by atoms with Crippen molar-refractivity contribution in [1.82, 2.24) is 4.90 Å². The summed E-state index contributed by atoms with van der Waals surface area (Å²) in [5.74, 6) is -9.66. The molecule has 6 atom stereocenters. The number of fused-ring (bicyclic) bond motifs is 3. The van der Waals surface area contributed by atoms with Crippen molar-refractivity contribution >= 4 is 23.3 Å². The van der Waals surface area contributed by atoms with Crippen LogP contribution in [-0.2, 0) is 16.0 Å². The average molecular weight is 563 g/mol. The highest BCUT2D eigenvalue weighted by Gasteiger charge is 2.67. The van der Waals surface area contributed by atoms with E-state index in [-0.39, 0.29) is 17.8 Å². The maximum absolute atomic E-state index is 13.9. The van der Waals surface area contributed by atoms with Crippen LogP contribution in [0.4, 0.5) is 0 Å². The van der Waals surface area contributed by atoms with E-state index >= 15 is 0 Å². The lowest BCUT2D eigenvalue weighted by Gasteiger charge is -2.53. The molecule has 1 amide bonds. The molecular formula is C30H30N2O9. The van der Waals surface area contributed by atoms with Crippen LogP contribution < -0.4 is 5.73 Å². The number of phenolic OH excluding ortho intramolecular Hbond substituents is 1. The van der Waals surface area contributed by atoms with Crippen LogP contribution in [0.25, 0.3) is 0 Å². The number of aliphatic hydroxyl groups is 4. The molecule has 1 unspecified atom stereocenters. The number of amides is 1. The SMILES string of the molecule is CC(=O)c1ccc(CC2c3cccc(O)c3C(=O)C3=C(O)[C@]4(O)C(=O)C(C(N)=O)=C(O)[C@@H](N(C)C)[C@@H]4[C@@H](O)[C@@H]32)cc1. The van der Waals surface area contributed by atoms with Crippen molar-refractivity contribution in [2.45, 2.75) is 37.0 Å². The Balaban J connectivity index is 1.77. The predicted octanol–water partition coefficient (Wildman–Crippen LogP) is 1.08. The number of carbonyl (C=O) groups excluding carboxylic acids is 4. The monoisotopic (exact) mass is 562 g/mol. The van der Waals surface area contributed by atoms with Crippen LogP contribution in [0.3, 0.4) is 0 Å². The molecule has 0 bridgehead atoms. The number of benzene rings is 2. The van der Waals surface area contributed by atoms with Crippen molar-refractivity contribution < 1.29 is 44.7 Å². The fraction of sp³-hybridized carbons (Fsp3) is 0.333. The number of phenols is 1. The van der Waals surface area contributed by atoms with Crippen molar-refractivity contribution in [3.63, 3.8) is 0 Å². The first-order valence-electron chi connectivity index (χ1n) is 13.0. The Kier molecular flexibility index (Phi) is 6.64. The van der Waals surface area contributed by atoms with Crippen molar-refractivity contribution in [3.05, 3.63) is 87.4 Å². The van der Waals surface area contributed by atoms with Gasteiger partial charge in [0.05, 0.1) is 23.6 Å². The van der Waals surface area contributed by atoms with E-state index in [1.807, 2.05) is 0 Å². The summed E-state index contributed by atoms with van der Waals surface area (Å²) < 4.78 is 0. The highest BCUT2D eigenvalue weighted by atomic mass is 16.4. The summed E-state index contributed by atoms with van der Waals surface area (Å²) >= 11 is 0. The van der Waals surface area contributed by atoms with E-state index in [9.17, 15) is 44.7 Å². The van der Waals surface area contributed by atoms with Gasteiger partial charge in [-0.05, 0) is 50.6 Å². The van der Waals surface area contributed by atoms with Crippen LogP contribution in [0.2, 0.25) is 0 Å². The summed E-state index contributed by atoms with van der Waals surface area (Å²) in [7, 11) is 2.96. The number of nitrogens with two attached hydrogens (primary N) is 1. The number of hydrogen-bond acceptors (Lipinski definition) is 10. The standard InChI is InChI=1S/C30H30N2O9/c1-12(33)14-9-7-13(8-10-14)11-16-15-5-4-6-17(34)18(15)24(35)20-19(16)25(36)22-23(32(2)3)26(37)21(29(31)40)28(39)30(22,41)27(20)38/h4-10,16,19,22-23,25,34,36-38,41H,11H2,1-3H3,(H2,31,40)/t16?,19-,22-,23+,25+,30+/m1/s1. The zero-order valence-corrected chi connectivity index (χ0v) is 22.5. The molecule has 3 aliphatic rings. The summed E-state index contributed by atoms with van der Waals surface area (Å²) in [5.41, 5.74) is 2.35. The average Bonchev–Trinajstić information content (AvgIpc) is 2.90. The molecular weight excluding hydrogens is 532 g/mol. The van der Waals surface area contributed by atoms with E-state index in [1.165, 1.54) is 38.1 Å². The van der Waals surface area contributed by atoms with Gasteiger partial charge in [0.25, 0.3) is 5.91 Å². The molecule has 0 saturated heterocycles. The number of primary amides is 1. The zero-order chi connectivity index (χ0) is 30.1. The zero-order valence-electron chi connectivity index (χ0n) is 22.5. The van der Waals surface area contributed by atoms with Crippen molar-refractivity contribution in [3.8, 4) is 5.75 Å². The normalized spacial score (nSPS) is 29.3. The Morgan fingerprint density at radius 1 is 1.02 bits per heavy atom. The largest absolute Gasteiger partial charge is 0.510 e. The van der Waals surface area contributed by atoms with Crippen LogP contribution in [-0.4, -0.2) is 85.5 Å². The van der Waals surface area contributed by atoms with Gasteiger partial charge >= 0.3 is 0 Å². The fourth-order valence-corrected chi connectivity index (χ4v) is 6.77. The van der Waals surface area contributed by atoms with Gasteiger partial charge in [-0.2, -0.15) is 0 Å². The van der Waals surface area contributed by atoms with Crippen LogP contribution in [0.5, 0.6) is 5.75 Å². The van der Waals surface area contributed by atoms with Crippen LogP contribution in [0.1, 0.15) is 44.7 Å². The topological polar surface area (TPSA) is 199 Å². The second kappa shape index (κ2) is 9.65. The highest BCUT2D eigenvalue weighted by Crippen LogP contribution is 2.56. The first kappa shape index (κ1) is 28.2. The van der Waals surface area contributed by atoms with E-state index in [2.05, 4.69) is 0 Å². The van der Waals surface area contributed by atoms with Gasteiger partial charge in [0.15, 0.2) is 17.2 Å². The Labute approximate surface area is 234 Å². The van der Waals surface area contributed by atoms with E-state index in [4.69, 9.17) is 5.73 Å². The minimum atomic E-state index is -2.98. The predicted molar refractivity (Wildman–Crippen MR) is 144 cm³/mol. The molecule has 0 saturated carbocycles. The molecule has 0 fully saturated rings. The summed E-state index contributed by atoms with van der Waals surface area (Å²) in [6, 6.07) is 9.77. The number of rotatable bonds is 5. The number of hydrogen-bond donors (Lipinski definition) is 6. The van der Waals surface area contributed by atoms with Crippen molar-refractivity contribution in [1.29, 1.82) is 0 Å². The smallest absolute Gasteiger partial charge is 0.255 e. The first-order valence-corrected chi connectivity index (χ1v) is 13.0. The molecule has 0 heterocycles. The summed E-state index contributed by atoms with van der Waals surface area (Å²) in [6.07, 6.45) is -1.54. The quantitative estimate of drug-likeness (QED) is 0.226. The molecule has 0 spiro atoms. The molecule has 5 rings (SSSR count). The maximum atomic E-state index is 13.9. The third-order valence-electron chi connectivity index (χ3n) is 8.62. The Bertz CT molecular complexity index is 1570. The molecule has 0 aliphatic heterocycles. The van der Waals surface area contributed by atoms with Crippen LogP contribution in [0.15, 0.2) is 65.1 Å². The highest BCUT2D eigenvalue weighted by molar-refractivity contribution is 6.25. The molecule has 0 aromatic heterocycles. The van der Waals surface area contributed by atoms with E-state index < -0.39 is 81.4 Å². The summed E-state index contributed by atoms with van der Waals surface area (Å²) in [6.45, 7) is 1.43. The third kappa shape index (κ3) is 3.91. The number of carbonyl (C=O) groups is 4. The van der Waals surface area contributed by atoms with E-state index in [0.717, 1.165) is 0 Å². The molecule has 2 aromatic carbocycles. The Hall–Kier alpha value is -4.32. The molecule has 3 aliphatic carbocycles. The van der Waals surface area contributed by atoms with Gasteiger partial charge in [-0.25, -0.2) is 0 Å². The lowest BCUT2D eigenvalue weighted by Crippen LogP contribution is -2.68. The number of likely N-dealkylation sites (N-methyl/N-ethyl adjacent to an activating group) is 1. The lowest BCUT2D eigenvalue weighted by molar-refractivity contribution is -0.162. The number of aromatic hydroxyl groups is 1. The molecule has 214 valence electrons. The minimum absolute atomic E-state index is 0.132. The van der Waals surface area contributed by atoms with Gasteiger partial charge in [-0.1, -0.05) is 36.4 Å². The van der Waals surface area contributed by atoms with Gasteiger partial charge in [0, 0.05) is 17.1 Å². The molecule has 7 N–H and O–H groups in total. The van der Waals surface area contributed by atoms with Gasteiger partial charge < -0.3 is 31.3 Å². The van der Waals surface area contributed by atoms with Gasteiger partial charge in [0.2, 0.25) is 5.78 Å². The second-order valence-electron chi connectivity index (χ2n) is 11.1. The number of ketones is 3. The van der Waals surface area contributed by atoms with Gasteiger partial charge in [0.1, 0.15) is 22.8 Å². The third-order valence-corrected chi connectivity index (χ3v) is 8.62. The van der Waals surface area contributed by atoms with E-state index in [1.54, 1.807) is 30.3 Å². The van der Waals surface area contributed by atoms with Crippen LogP contribution in [0, 0.1) is 11.8 Å². The molecule has 11 nitrogen and oxygen atoms in total. The Morgan fingerprint density at radius 2 is 1.66 bits per heavy atom. The number of Topliss-reactive ketones (excluding diaryl/α,β-unsaturated/α-hetero) is 3. The van der Waals surface area contributed by atoms with Gasteiger partial charge in [-0.3, -0.25) is 24.1 Å². The van der Waals surface area contributed by atoms with Crippen LogP contribution >= 0.6 is 0 Å². The van der Waals surface area contributed by atoms with E-state index in [0.29, 0.717) is 16.7 Å². The first-order chi connectivity index (χ1) is 19.2. The summed E-state index contributed by atoms with van der Waals surface area (Å²) in [5, 5.41) is 57.1. The maximum Gasteiger partial charge on any atom is 0.255 e. The lowest BCUT2D eigenvalue weighted by atomic mass is 9.54. The Morgan fingerprint density at radius 3 is 2.22 bits per heavy atom. The minimum Gasteiger partial charge on any atom is -0.510 e. The number of aliphatic hydroxyl groups excluding tert-OH is 3. The molecule has 2 aromatic rings. The fourth-order valence-electron chi connectivity index (χ4n) is 6.77. The van der Waals surface area contributed by atoms with Crippen molar-refractivity contribution in [2.75, 3.05) is 14.1 Å². The van der Waals surface area contributed by atoms with Crippen molar-refractivity contribution in [2.24, 2.45) is 17.6 Å². The molecule has 41 heavy (non-hydrogen) atoms.